The molecule has 4 nitrogen and oxygen atoms in total. The SMILES string of the molecule is COc1cn(Cc2ccccc2)nc(Cl)c1=O. The lowest BCUT2D eigenvalue weighted by atomic mass is 10.2. The Hall–Kier alpha value is -1.81. The van der Waals surface area contributed by atoms with Crippen LogP contribution in [0.5, 0.6) is 5.75 Å². The van der Waals surface area contributed by atoms with Crippen molar-refractivity contribution >= 4 is 11.6 Å². The molecular formula is C12H11ClN2O2. The second kappa shape index (κ2) is 5.01. The lowest BCUT2D eigenvalue weighted by Crippen LogP contribution is -2.15. The number of nitrogens with zero attached hydrogens (tertiary/aromatic N) is 2. The van der Waals surface area contributed by atoms with Gasteiger partial charge >= 0.3 is 0 Å². The monoisotopic (exact) mass is 250 g/mol. The fourth-order valence-electron chi connectivity index (χ4n) is 1.48. The minimum Gasteiger partial charge on any atom is -0.491 e. The summed E-state index contributed by atoms with van der Waals surface area (Å²) in [5.74, 6) is 0.195. The van der Waals surface area contributed by atoms with Crippen LogP contribution in [-0.4, -0.2) is 16.9 Å². The summed E-state index contributed by atoms with van der Waals surface area (Å²) in [6.07, 6.45) is 1.54. The van der Waals surface area contributed by atoms with Crippen LogP contribution < -0.4 is 10.2 Å². The van der Waals surface area contributed by atoms with E-state index in [0.717, 1.165) is 5.56 Å². The van der Waals surface area contributed by atoms with Crippen LogP contribution in [0.15, 0.2) is 41.3 Å². The van der Waals surface area contributed by atoms with E-state index in [4.69, 9.17) is 16.3 Å². The minimum absolute atomic E-state index is 0.0831. The molecule has 1 aromatic heterocycles. The minimum atomic E-state index is -0.390. The van der Waals surface area contributed by atoms with Gasteiger partial charge in [-0.05, 0) is 5.56 Å². The Balaban J connectivity index is 2.34. The van der Waals surface area contributed by atoms with Crippen LogP contribution in [-0.2, 0) is 6.54 Å². The highest BCUT2D eigenvalue weighted by atomic mass is 35.5. The largest absolute Gasteiger partial charge is 0.491 e. The predicted molar refractivity (Wildman–Crippen MR) is 65.6 cm³/mol. The summed E-state index contributed by atoms with van der Waals surface area (Å²) in [6.45, 7) is 0.539. The first kappa shape index (κ1) is 11.7. The van der Waals surface area contributed by atoms with Crippen molar-refractivity contribution in [2.45, 2.75) is 6.54 Å². The Bertz CT molecular complexity index is 566. The van der Waals surface area contributed by atoms with Gasteiger partial charge in [0.05, 0.1) is 19.9 Å². The van der Waals surface area contributed by atoms with Gasteiger partial charge in [-0.2, -0.15) is 5.10 Å². The van der Waals surface area contributed by atoms with E-state index in [1.807, 2.05) is 30.3 Å². The molecule has 0 aliphatic rings. The number of hydrogen-bond acceptors (Lipinski definition) is 3. The van der Waals surface area contributed by atoms with Gasteiger partial charge in [-0.25, -0.2) is 0 Å². The van der Waals surface area contributed by atoms with E-state index in [9.17, 15) is 4.79 Å². The molecule has 0 N–H and O–H groups in total. The molecule has 0 unspecified atom stereocenters. The van der Waals surface area contributed by atoms with Crippen molar-refractivity contribution in [2.75, 3.05) is 7.11 Å². The number of benzene rings is 1. The molecule has 0 aliphatic heterocycles. The van der Waals surface area contributed by atoms with Gasteiger partial charge in [0.1, 0.15) is 0 Å². The van der Waals surface area contributed by atoms with Gasteiger partial charge in [0.15, 0.2) is 5.75 Å². The third-order valence-corrected chi connectivity index (χ3v) is 2.55. The van der Waals surface area contributed by atoms with Crippen LogP contribution in [0, 0.1) is 0 Å². The quantitative estimate of drug-likeness (QED) is 0.836. The first-order valence-corrected chi connectivity index (χ1v) is 5.43. The first-order valence-electron chi connectivity index (χ1n) is 5.06. The van der Waals surface area contributed by atoms with Gasteiger partial charge < -0.3 is 4.74 Å². The summed E-state index contributed by atoms with van der Waals surface area (Å²) < 4.78 is 6.53. The third kappa shape index (κ3) is 2.65. The topological polar surface area (TPSA) is 44.1 Å². The van der Waals surface area contributed by atoms with Crippen LogP contribution in [0.3, 0.4) is 0 Å². The molecule has 0 saturated heterocycles. The van der Waals surface area contributed by atoms with E-state index >= 15 is 0 Å². The molecule has 0 fully saturated rings. The van der Waals surface area contributed by atoms with Crippen molar-refractivity contribution in [3.63, 3.8) is 0 Å². The van der Waals surface area contributed by atoms with Gasteiger partial charge in [0, 0.05) is 0 Å². The number of rotatable bonds is 3. The maximum Gasteiger partial charge on any atom is 0.260 e. The molecule has 88 valence electrons. The van der Waals surface area contributed by atoms with E-state index in [1.54, 1.807) is 10.9 Å². The second-order valence-corrected chi connectivity index (χ2v) is 3.86. The highest BCUT2D eigenvalue weighted by Crippen LogP contribution is 2.08. The number of halogens is 1. The van der Waals surface area contributed by atoms with Crippen LogP contribution >= 0.6 is 11.6 Å². The zero-order valence-electron chi connectivity index (χ0n) is 9.26. The molecule has 5 heteroatoms. The summed E-state index contributed by atoms with van der Waals surface area (Å²) in [4.78, 5) is 11.5. The highest BCUT2D eigenvalue weighted by Gasteiger charge is 2.07. The predicted octanol–water partition coefficient (Wildman–Crippen LogP) is 1.95. The van der Waals surface area contributed by atoms with Crippen molar-refractivity contribution < 1.29 is 4.74 Å². The molecule has 0 bridgehead atoms. The fraction of sp³-hybridized carbons (Fsp3) is 0.167. The summed E-state index contributed by atoms with van der Waals surface area (Å²) in [7, 11) is 1.43. The molecule has 0 atom stereocenters. The Labute approximate surface area is 103 Å². The smallest absolute Gasteiger partial charge is 0.260 e. The molecule has 17 heavy (non-hydrogen) atoms. The molecule has 0 spiro atoms. The zero-order valence-corrected chi connectivity index (χ0v) is 10.0. The van der Waals surface area contributed by atoms with E-state index in [-0.39, 0.29) is 10.9 Å². The molecule has 0 saturated carbocycles. The van der Waals surface area contributed by atoms with E-state index < -0.39 is 5.43 Å². The summed E-state index contributed by atoms with van der Waals surface area (Å²) in [5.41, 5.74) is 0.681. The Morgan fingerprint density at radius 1 is 1.35 bits per heavy atom. The zero-order chi connectivity index (χ0) is 12.3. The molecule has 2 rings (SSSR count). The van der Waals surface area contributed by atoms with Crippen molar-refractivity contribution in [1.29, 1.82) is 0 Å². The van der Waals surface area contributed by atoms with Crippen LogP contribution in [0.1, 0.15) is 5.56 Å². The van der Waals surface area contributed by atoms with Crippen molar-refractivity contribution in [1.82, 2.24) is 9.78 Å². The van der Waals surface area contributed by atoms with Crippen molar-refractivity contribution in [2.24, 2.45) is 0 Å². The van der Waals surface area contributed by atoms with Gasteiger partial charge in [0.25, 0.3) is 5.43 Å². The Kier molecular flexibility index (Phi) is 3.44. The van der Waals surface area contributed by atoms with Gasteiger partial charge in [-0.15, -0.1) is 0 Å². The maximum atomic E-state index is 11.5. The number of aromatic nitrogens is 2. The normalized spacial score (nSPS) is 10.2. The lowest BCUT2D eigenvalue weighted by Gasteiger charge is -2.07. The van der Waals surface area contributed by atoms with Crippen molar-refractivity contribution in [3.05, 3.63) is 57.5 Å². The summed E-state index contributed by atoms with van der Waals surface area (Å²) in [5, 5.41) is 3.88. The first-order chi connectivity index (χ1) is 8.20. The second-order valence-electron chi connectivity index (χ2n) is 3.50. The fourth-order valence-corrected chi connectivity index (χ4v) is 1.67. The number of methoxy groups -OCH3 is 1. The standard InChI is InChI=1S/C12H11ClN2O2/c1-17-10-8-15(14-12(13)11(10)16)7-9-5-3-2-4-6-9/h2-6,8H,7H2,1H3. The average molecular weight is 251 g/mol. The van der Waals surface area contributed by atoms with Gasteiger partial charge in [-0.3, -0.25) is 9.48 Å². The molecule has 0 radical (unpaired) electrons. The van der Waals surface area contributed by atoms with Gasteiger partial charge in [-0.1, -0.05) is 41.9 Å². The summed E-state index contributed by atoms with van der Waals surface area (Å²) in [6, 6.07) is 9.77. The Morgan fingerprint density at radius 2 is 2.06 bits per heavy atom. The molecule has 0 amide bonds. The highest BCUT2D eigenvalue weighted by molar-refractivity contribution is 6.29. The van der Waals surface area contributed by atoms with E-state index in [2.05, 4.69) is 5.10 Å². The molecular weight excluding hydrogens is 240 g/mol. The molecule has 1 aromatic carbocycles. The molecule has 2 aromatic rings. The van der Waals surface area contributed by atoms with Crippen LogP contribution in [0.4, 0.5) is 0 Å². The maximum absolute atomic E-state index is 11.5. The molecule has 1 heterocycles. The van der Waals surface area contributed by atoms with Crippen LogP contribution in [0.2, 0.25) is 5.15 Å². The van der Waals surface area contributed by atoms with E-state index in [0.29, 0.717) is 6.54 Å². The third-order valence-electron chi connectivity index (χ3n) is 2.30. The number of hydrogen-bond donors (Lipinski definition) is 0. The van der Waals surface area contributed by atoms with E-state index in [1.165, 1.54) is 7.11 Å². The van der Waals surface area contributed by atoms with Gasteiger partial charge in [0.2, 0.25) is 5.15 Å². The average Bonchev–Trinajstić information content (AvgIpc) is 2.35. The Morgan fingerprint density at radius 3 is 2.71 bits per heavy atom. The molecule has 0 aliphatic carbocycles. The summed E-state index contributed by atoms with van der Waals surface area (Å²) >= 11 is 5.74. The van der Waals surface area contributed by atoms with Crippen molar-refractivity contribution in [3.8, 4) is 5.75 Å². The van der Waals surface area contributed by atoms with Crippen LogP contribution in [0.25, 0.3) is 0 Å². The lowest BCUT2D eigenvalue weighted by molar-refractivity contribution is 0.401. The number of ether oxygens (including phenoxy) is 1.